The summed E-state index contributed by atoms with van der Waals surface area (Å²) in [6.07, 6.45) is -1.95. The highest BCUT2D eigenvalue weighted by atomic mass is 16.6. The van der Waals surface area contributed by atoms with Gasteiger partial charge in [0.05, 0.1) is 26.4 Å². The zero-order valence-corrected chi connectivity index (χ0v) is 17.9. The molecule has 1 aromatic carbocycles. The molecule has 1 aromatic rings. The molecular weight excluding hydrogens is 406 g/mol. The quantitative estimate of drug-likeness (QED) is 0.601. The molecule has 5 atom stereocenters. The molecular formula is C22H27NO8. The van der Waals surface area contributed by atoms with Crippen molar-refractivity contribution in [2.24, 2.45) is 0 Å². The van der Waals surface area contributed by atoms with Crippen molar-refractivity contribution in [2.45, 2.75) is 56.5 Å². The van der Waals surface area contributed by atoms with Crippen molar-refractivity contribution in [3.05, 3.63) is 34.6 Å². The highest BCUT2D eigenvalue weighted by Crippen LogP contribution is 2.60. The highest BCUT2D eigenvalue weighted by Gasteiger charge is 2.60. The van der Waals surface area contributed by atoms with E-state index in [2.05, 4.69) is 5.32 Å². The van der Waals surface area contributed by atoms with Gasteiger partial charge in [-0.3, -0.25) is 9.59 Å². The van der Waals surface area contributed by atoms with E-state index in [0.29, 0.717) is 35.4 Å². The van der Waals surface area contributed by atoms with E-state index in [9.17, 15) is 19.8 Å². The van der Waals surface area contributed by atoms with Gasteiger partial charge in [0.15, 0.2) is 17.6 Å². The average Bonchev–Trinajstić information content (AvgIpc) is 2.71. The Hall–Kier alpha value is -2.78. The van der Waals surface area contributed by atoms with Gasteiger partial charge in [-0.2, -0.15) is 0 Å². The lowest BCUT2D eigenvalue weighted by Crippen LogP contribution is -2.61. The fourth-order valence-electron chi connectivity index (χ4n) is 5.51. The Balaban J connectivity index is 2.02. The van der Waals surface area contributed by atoms with Crippen LogP contribution in [0.25, 0.3) is 0 Å². The number of nitrogens with one attached hydrogen (secondary N) is 1. The number of fused-ring (bicyclic) bond motifs is 1. The first-order chi connectivity index (χ1) is 14.7. The van der Waals surface area contributed by atoms with Crippen molar-refractivity contribution in [3.8, 4) is 11.5 Å². The maximum Gasteiger partial charge on any atom is 0.303 e. The molecule has 9 nitrogen and oxygen atoms in total. The lowest BCUT2D eigenvalue weighted by atomic mass is 9.55. The Kier molecular flexibility index (Phi) is 5.35. The molecule has 3 aliphatic rings. The summed E-state index contributed by atoms with van der Waals surface area (Å²) in [6.45, 7) is 3.12. The third kappa shape index (κ3) is 3.14. The Morgan fingerprint density at radius 1 is 1.13 bits per heavy atom. The topological polar surface area (TPSA) is 124 Å². The molecule has 0 spiro atoms. The van der Waals surface area contributed by atoms with Crippen molar-refractivity contribution < 1.29 is 38.7 Å². The van der Waals surface area contributed by atoms with Crippen LogP contribution in [-0.4, -0.2) is 61.2 Å². The summed E-state index contributed by atoms with van der Waals surface area (Å²) in [5, 5.41) is 25.6. The molecule has 2 aliphatic carbocycles. The number of carbonyl (C=O) groups is 2. The molecule has 9 heteroatoms. The molecule has 0 amide bonds. The van der Waals surface area contributed by atoms with Gasteiger partial charge in [0.2, 0.25) is 0 Å². The van der Waals surface area contributed by atoms with Gasteiger partial charge in [-0.25, -0.2) is 0 Å². The number of benzene rings is 1. The van der Waals surface area contributed by atoms with Crippen molar-refractivity contribution in [1.82, 2.24) is 5.32 Å². The number of hydrogen-bond acceptors (Lipinski definition) is 9. The van der Waals surface area contributed by atoms with E-state index >= 15 is 0 Å². The van der Waals surface area contributed by atoms with Gasteiger partial charge in [0, 0.05) is 36.8 Å². The molecule has 0 unspecified atom stereocenters. The second kappa shape index (κ2) is 7.72. The standard InChI is InChI=1S/C22H27NO8/c1-10(24)30-14-9-22-7-8-23-17(16(22)21(29-4)20(14)31-11(2)25)18(26)12-5-6-13(28-3)19(27)15(12)22/h5-6,14,17-18,20,23,26-27H,7-9H2,1-4H3/t14-,17+,18-,20-,22-/m0/s1. The smallest absolute Gasteiger partial charge is 0.303 e. The zero-order valence-electron chi connectivity index (χ0n) is 17.9. The summed E-state index contributed by atoms with van der Waals surface area (Å²) in [6, 6.07) is 2.84. The third-order valence-electron chi connectivity index (χ3n) is 6.49. The summed E-state index contributed by atoms with van der Waals surface area (Å²) in [7, 11) is 2.91. The van der Waals surface area contributed by atoms with Crippen molar-refractivity contribution in [3.63, 3.8) is 0 Å². The third-order valence-corrected chi connectivity index (χ3v) is 6.49. The van der Waals surface area contributed by atoms with E-state index in [0.717, 1.165) is 0 Å². The summed E-state index contributed by atoms with van der Waals surface area (Å²) in [4.78, 5) is 23.7. The number of aliphatic hydroxyl groups is 1. The molecule has 2 bridgehead atoms. The predicted molar refractivity (Wildman–Crippen MR) is 107 cm³/mol. The second-order valence-corrected chi connectivity index (χ2v) is 8.15. The van der Waals surface area contributed by atoms with Crippen LogP contribution in [0.5, 0.6) is 11.5 Å². The predicted octanol–water partition coefficient (Wildman–Crippen LogP) is 1.22. The minimum atomic E-state index is -0.969. The van der Waals surface area contributed by atoms with Gasteiger partial charge in [-0.1, -0.05) is 6.07 Å². The van der Waals surface area contributed by atoms with E-state index in [4.69, 9.17) is 18.9 Å². The number of hydrogen-bond donors (Lipinski definition) is 3. The molecule has 0 saturated carbocycles. The van der Waals surface area contributed by atoms with Crippen molar-refractivity contribution in [2.75, 3.05) is 20.8 Å². The summed E-state index contributed by atoms with van der Waals surface area (Å²) in [5.74, 6) is -0.542. The van der Waals surface area contributed by atoms with Crippen LogP contribution in [0, 0.1) is 0 Å². The summed E-state index contributed by atoms with van der Waals surface area (Å²) < 4.78 is 22.2. The van der Waals surface area contributed by atoms with Crippen LogP contribution < -0.4 is 10.1 Å². The molecule has 168 valence electrons. The molecule has 1 aliphatic heterocycles. The number of phenolic OH excluding ortho intramolecular Hbond substituents is 1. The molecule has 31 heavy (non-hydrogen) atoms. The van der Waals surface area contributed by atoms with Crippen LogP contribution in [0.2, 0.25) is 0 Å². The van der Waals surface area contributed by atoms with E-state index in [1.807, 2.05) is 0 Å². The maximum atomic E-state index is 11.9. The number of aliphatic hydroxyl groups excluding tert-OH is 1. The number of ether oxygens (including phenoxy) is 4. The van der Waals surface area contributed by atoms with Gasteiger partial charge in [-0.05, 0) is 24.6 Å². The molecule has 1 heterocycles. The van der Waals surface area contributed by atoms with E-state index in [1.54, 1.807) is 12.1 Å². The monoisotopic (exact) mass is 433 g/mol. The summed E-state index contributed by atoms with van der Waals surface area (Å²) >= 11 is 0. The van der Waals surface area contributed by atoms with Crippen LogP contribution >= 0.6 is 0 Å². The van der Waals surface area contributed by atoms with Crippen molar-refractivity contribution >= 4 is 11.9 Å². The molecule has 0 aromatic heterocycles. The SMILES string of the molecule is COC1=C2[C@H]3NCC[C@]2(C[C@H](OC(C)=O)[C@@H]1OC(C)=O)c1c(ccc(OC)c1O)[C@@H]3O. The van der Waals surface area contributed by atoms with Crippen LogP contribution in [0.15, 0.2) is 23.5 Å². The number of rotatable bonds is 4. The molecule has 4 rings (SSSR count). The van der Waals surface area contributed by atoms with Crippen molar-refractivity contribution in [1.29, 1.82) is 0 Å². The highest BCUT2D eigenvalue weighted by molar-refractivity contribution is 5.69. The van der Waals surface area contributed by atoms with Gasteiger partial charge >= 0.3 is 11.9 Å². The average molecular weight is 433 g/mol. The van der Waals surface area contributed by atoms with Crippen LogP contribution in [0.3, 0.4) is 0 Å². The van der Waals surface area contributed by atoms with E-state index < -0.39 is 41.7 Å². The first-order valence-corrected chi connectivity index (χ1v) is 10.2. The number of phenols is 1. The molecule has 1 fully saturated rings. The van der Waals surface area contributed by atoms with E-state index in [-0.39, 0.29) is 17.9 Å². The summed E-state index contributed by atoms with van der Waals surface area (Å²) in [5.41, 5.74) is 0.993. The minimum Gasteiger partial charge on any atom is -0.504 e. The van der Waals surface area contributed by atoms with Crippen LogP contribution in [0.1, 0.15) is 43.9 Å². The van der Waals surface area contributed by atoms with Gasteiger partial charge in [0.1, 0.15) is 11.9 Å². The first kappa shape index (κ1) is 21.5. The minimum absolute atomic E-state index is 0.0696. The fraction of sp³-hybridized carbons (Fsp3) is 0.545. The Morgan fingerprint density at radius 3 is 2.45 bits per heavy atom. The fourth-order valence-corrected chi connectivity index (χ4v) is 5.51. The zero-order chi connectivity index (χ0) is 22.5. The molecule has 0 radical (unpaired) electrons. The Morgan fingerprint density at radius 2 is 1.84 bits per heavy atom. The number of aromatic hydroxyl groups is 1. The number of piperidine rings is 1. The van der Waals surface area contributed by atoms with E-state index in [1.165, 1.54) is 28.1 Å². The molecule has 3 N–H and O–H groups in total. The van der Waals surface area contributed by atoms with Crippen LogP contribution in [0.4, 0.5) is 0 Å². The van der Waals surface area contributed by atoms with Gasteiger partial charge in [0.25, 0.3) is 0 Å². The molecule has 1 saturated heterocycles. The normalized spacial score (nSPS) is 31.3. The number of carbonyl (C=O) groups excluding carboxylic acids is 2. The largest absolute Gasteiger partial charge is 0.504 e. The Bertz CT molecular complexity index is 957. The lowest BCUT2D eigenvalue weighted by Gasteiger charge is -2.55. The lowest BCUT2D eigenvalue weighted by molar-refractivity contribution is -0.169. The number of methoxy groups -OCH3 is 2. The van der Waals surface area contributed by atoms with Gasteiger partial charge in [-0.15, -0.1) is 0 Å². The first-order valence-electron chi connectivity index (χ1n) is 10.2. The second-order valence-electron chi connectivity index (χ2n) is 8.15. The van der Waals surface area contributed by atoms with Crippen LogP contribution in [-0.2, 0) is 29.2 Å². The van der Waals surface area contributed by atoms with Gasteiger partial charge < -0.3 is 34.5 Å². The maximum absolute atomic E-state index is 11.9. The number of esters is 2. The Labute approximate surface area is 179 Å².